The normalized spacial score (nSPS) is 10.7. The molecular weight excluding hydrogens is 276 g/mol. The zero-order valence-electron chi connectivity index (χ0n) is 11.1. The predicted molar refractivity (Wildman–Crippen MR) is 82.0 cm³/mol. The number of hydrogen-bond donors (Lipinski definition) is 1. The Balaban J connectivity index is 2.34. The van der Waals surface area contributed by atoms with Gasteiger partial charge in [0.2, 0.25) is 0 Å². The summed E-state index contributed by atoms with van der Waals surface area (Å²) in [5, 5.41) is 1.78. The van der Waals surface area contributed by atoms with Gasteiger partial charge >= 0.3 is 0 Å². The molecule has 0 spiro atoms. The Kier molecular flexibility index (Phi) is 4.86. The van der Waals surface area contributed by atoms with Crippen LogP contribution in [0.4, 0.5) is 0 Å². The van der Waals surface area contributed by atoms with Crippen LogP contribution < -0.4 is 5.73 Å². The van der Waals surface area contributed by atoms with Gasteiger partial charge in [0.25, 0.3) is 0 Å². The van der Waals surface area contributed by atoms with E-state index >= 15 is 0 Å². The van der Waals surface area contributed by atoms with Crippen molar-refractivity contribution in [2.45, 2.75) is 30.2 Å². The van der Waals surface area contributed by atoms with Gasteiger partial charge in [0.15, 0.2) is 0 Å². The van der Waals surface area contributed by atoms with E-state index in [9.17, 15) is 0 Å². The highest BCUT2D eigenvalue weighted by Crippen LogP contribution is 2.33. The lowest BCUT2D eigenvalue weighted by Crippen LogP contribution is -2.04. The lowest BCUT2D eigenvalue weighted by Gasteiger charge is -2.10. The first-order valence-corrected chi connectivity index (χ1v) is 7.40. The van der Waals surface area contributed by atoms with Crippen molar-refractivity contribution in [1.82, 2.24) is 4.98 Å². The van der Waals surface area contributed by atoms with Crippen LogP contribution in [0.15, 0.2) is 40.3 Å². The molecule has 0 saturated heterocycles. The second-order valence-corrected chi connectivity index (χ2v) is 5.95. The highest BCUT2D eigenvalue weighted by Gasteiger charge is 2.09. The molecule has 1 heterocycles. The molecule has 0 aliphatic carbocycles. The third-order valence-corrected chi connectivity index (χ3v) is 4.13. The highest BCUT2D eigenvalue weighted by molar-refractivity contribution is 7.99. The van der Waals surface area contributed by atoms with E-state index < -0.39 is 0 Å². The fourth-order valence-electron chi connectivity index (χ4n) is 1.99. The molecular formula is C15H17ClN2S. The Hall–Kier alpha value is -1.03. The molecule has 0 fully saturated rings. The van der Waals surface area contributed by atoms with Gasteiger partial charge in [-0.25, -0.2) is 4.98 Å². The smallest absolute Gasteiger partial charge is 0.101 e. The van der Waals surface area contributed by atoms with E-state index in [0.29, 0.717) is 6.54 Å². The lowest BCUT2D eigenvalue weighted by atomic mass is 10.1. The van der Waals surface area contributed by atoms with Crippen molar-refractivity contribution >= 4 is 23.4 Å². The Labute approximate surface area is 123 Å². The summed E-state index contributed by atoms with van der Waals surface area (Å²) in [7, 11) is 0. The van der Waals surface area contributed by atoms with E-state index in [1.54, 1.807) is 11.8 Å². The van der Waals surface area contributed by atoms with E-state index in [0.717, 1.165) is 32.6 Å². The summed E-state index contributed by atoms with van der Waals surface area (Å²) in [4.78, 5) is 5.68. The number of nitrogens with zero attached hydrogens (tertiary/aromatic N) is 1. The third kappa shape index (κ3) is 3.72. The van der Waals surface area contributed by atoms with Crippen molar-refractivity contribution in [1.29, 1.82) is 0 Å². The summed E-state index contributed by atoms with van der Waals surface area (Å²) in [6.07, 6.45) is 0.785. The molecule has 1 aromatic carbocycles. The predicted octanol–water partition coefficient (Wildman–Crippen LogP) is 4.00. The van der Waals surface area contributed by atoms with Crippen molar-refractivity contribution in [2.75, 3.05) is 6.54 Å². The Bertz CT molecular complexity index is 564. The quantitative estimate of drug-likeness (QED) is 0.925. The molecule has 0 aliphatic rings. The zero-order chi connectivity index (χ0) is 13.8. The summed E-state index contributed by atoms with van der Waals surface area (Å²) in [6.45, 7) is 4.69. The molecule has 19 heavy (non-hydrogen) atoms. The Morgan fingerprint density at radius 1 is 1.26 bits per heavy atom. The Morgan fingerprint density at radius 2 is 2.05 bits per heavy atom. The number of benzene rings is 1. The molecule has 2 rings (SSSR count). The van der Waals surface area contributed by atoms with Gasteiger partial charge in [0, 0.05) is 15.6 Å². The monoisotopic (exact) mass is 292 g/mol. The average molecular weight is 293 g/mol. The second kappa shape index (κ2) is 6.42. The number of hydrogen-bond acceptors (Lipinski definition) is 3. The summed E-state index contributed by atoms with van der Waals surface area (Å²) in [5.74, 6) is 0. The maximum absolute atomic E-state index is 6.25. The minimum atomic E-state index is 0.595. The van der Waals surface area contributed by atoms with E-state index in [4.69, 9.17) is 17.3 Å². The second-order valence-electron chi connectivity index (χ2n) is 4.48. The van der Waals surface area contributed by atoms with Crippen LogP contribution in [0.1, 0.15) is 16.8 Å². The molecule has 0 amide bonds. The van der Waals surface area contributed by atoms with Gasteiger partial charge in [-0.3, -0.25) is 0 Å². The fourth-order valence-corrected chi connectivity index (χ4v) is 3.46. The van der Waals surface area contributed by atoms with Gasteiger partial charge < -0.3 is 5.73 Å². The molecule has 0 saturated carbocycles. The number of aryl methyl sites for hydroxylation is 2. The van der Waals surface area contributed by atoms with Gasteiger partial charge in [-0.05, 0) is 62.2 Å². The average Bonchev–Trinajstić information content (AvgIpc) is 2.32. The van der Waals surface area contributed by atoms with Crippen LogP contribution in [-0.2, 0) is 6.42 Å². The Morgan fingerprint density at radius 3 is 2.74 bits per heavy atom. The van der Waals surface area contributed by atoms with Crippen LogP contribution in [0.3, 0.4) is 0 Å². The molecule has 0 atom stereocenters. The number of pyridine rings is 1. The third-order valence-electron chi connectivity index (χ3n) is 2.76. The first kappa shape index (κ1) is 14.4. The largest absolute Gasteiger partial charge is 0.330 e. The summed E-state index contributed by atoms with van der Waals surface area (Å²) in [5.41, 5.74) is 9.02. The van der Waals surface area contributed by atoms with Crippen molar-refractivity contribution < 1.29 is 0 Å². The van der Waals surface area contributed by atoms with Crippen molar-refractivity contribution in [2.24, 2.45) is 5.73 Å². The van der Waals surface area contributed by atoms with Gasteiger partial charge in [-0.1, -0.05) is 29.4 Å². The standard InChI is InChI=1S/C15H17ClN2S/c1-10-8-11(2)18-15(9-10)19-14-5-3-4-13(16)12(14)6-7-17/h3-5,8-9H,6-7,17H2,1-2H3. The minimum Gasteiger partial charge on any atom is -0.330 e. The maximum Gasteiger partial charge on any atom is 0.101 e. The lowest BCUT2D eigenvalue weighted by molar-refractivity contribution is 0.943. The maximum atomic E-state index is 6.25. The highest BCUT2D eigenvalue weighted by atomic mass is 35.5. The van der Waals surface area contributed by atoms with Crippen molar-refractivity contribution in [3.63, 3.8) is 0 Å². The molecule has 4 heteroatoms. The van der Waals surface area contributed by atoms with E-state index in [-0.39, 0.29) is 0 Å². The van der Waals surface area contributed by atoms with Gasteiger partial charge in [-0.2, -0.15) is 0 Å². The molecule has 0 unspecified atom stereocenters. The zero-order valence-corrected chi connectivity index (χ0v) is 12.7. The number of rotatable bonds is 4. The molecule has 0 aliphatic heterocycles. The molecule has 0 radical (unpaired) electrons. The van der Waals surface area contributed by atoms with Crippen LogP contribution in [0, 0.1) is 13.8 Å². The van der Waals surface area contributed by atoms with Gasteiger partial charge in [0.1, 0.15) is 5.03 Å². The first-order valence-electron chi connectivity index (χ1n) is 6.20. The topological polar surface area (TPSA) is 38.9 Å². The van der Waals surface area contributed by atoms with Crippen LogP contribution in [-0.4, -0.2) is 11.5 Å². The number of halogens is 1. The van der Waals surface area contributed by atoms with Gasteiger partial charge in [0.05, 0.1) is 0 Å². The van der Waals surface area contributed by atoms with Crippen LogP contribution >= 0.6 is 23.4 Å². The van der Waals surface area contributed by atoms with Gasteiger partial charge in [-0.15, -0.1) is 0 Å². The molecule has 2 aromatic rings. The van der Waals surface area contributed by atoms with Crippen LogP contribution in [0.2, 0.25) is 5.02 Å². The van der Waals surface area contributed by atoms with Crippen molar-refractivity contribution in [3.8, 4) is 0 Å². The fraction of sp³-hybridized carbons (Fsp3) is 0.267. The number of nitrogens with two attached hydrogens (primary N) is 1. The van der Waals surface area contributed by atoms with Crippen molar-refractivity contribution in [3.05, 3.63) is 52.2 Å². The molecule has 2 nitrogen and oxygen atoms in total. The summed E-state index contributed by atoms with van der Waals surface area (Å²) >= 11 is 7.89. The summed E-state index contributed by atoms with van der Waals surface area (Å²) < 4.78 is 0. The first-order chi connectivity index (χ1) is 9.10. The molecule has 2 N–H and O–H groups in total. The minimum absolute atomic E-state index is 0.595. The molecule has 1 aromatic heterocycles. The van der Waals surface area contributed by atoms with E-state index in [1.807, 2.05) is 19.1 Å². The van der Waals surface area contributed by atoms with Crippen LogP contribution in [0.5, 0.6) is 0 Å². The van der Waals surface area contributed by atoms with Crippen LogP contribution in [0.25, 0.3) is 0 Å². The molecule has 0 bridgehead atoms. The van der Waals surface area contributed by atoms with E-state index in [2.05, 4.69) is 30.1 Å². The molecule has 100 valence electrons. The SMILES string of the molecule is Cc1cc(C)nc(Sc2cccc(Cl)c2CCN)c1. The summed E-state index contributed by atoms with van der Waals surface area (Å²) in [6, 6.07) is 10.1. The van der Waals surface area contributed by atoms with E-state index in [1.165, 1.54) is 5.56 Å². The number of aromatic nitrogens is 1.